The standard InChI is InChI=1S/C19H19NO4S/c21-14-9-13-10-2-3-11(8-10)15(13)18(22)20(14)5-1-6-24-19(23)16-12-4-7-25-17(12)16/h2-3,7,10-11,13,15-17H,1,5-6,8-9H2. The Balaban J connectivity index is 1.13. The lowest BCUT2D eigenvalue weighted by molar-refractivity contribution is -0.155. The van der Waals surface area contributed by atoms with Crippen molar-refractivity contribution in [3.05, 3.63) is 28.9 Å². The highest BCUT2D eigenvalue weighted by atomic mass is 32.2. The van der Waals surface area contributed by atoms with Crippen LogP contribution in [0.15, 0.2) is 28.9 Å². The number of rotatable bonds is 5. The molecule has 5 nitrogen and oxygen atoms in total. The van der Waals surface area contributed by atoms with Gasteiger partial charge in [0.05, 0.1) is 11.9 Å². The summed E-state index contributed by atoms with van der Waals surface area (Å²) in [4.78, 5) is 38.5. The van der Waals surface area contributed by atoms with Crippen LogP contribution in [0.25, 0.3) is 0 Å². The van der Waals surface area contributed by atoms with Gasteiger partial charge < -0.3 is 4.74 Å². The number of likely N-dealkylation sites (tertiary alicyclic amines) is 1. The molecule has 0 aromatic rings. The van der Waals surface area contributed by atoms with Gasteiger partial charge >= 0.3 is 5.97 Å². The van der Waals surface area contributed by atoms with Gasteiger partial charge in [-0.25, -0.2) is 0 Å². The molecule has 5 rings (SSSR count). The van der Waals surface area contributed by atoms with Crippen molar-refractivity contribution < 1.29 is 19.1 Å². The highest BCUT2D eigenvalue weighted by Gasteiger charge is 2.54. The number of imide groups is 1. The minimum atomic E-state index is -0.206. The van der Waals surface area contributed by atoms with Crippen molar-refractivity contribution in [1.82, 2.24) is 4.90 Å². The summed E-state index contributed by atoms with van der Waals surface area (Å²) in [5.41, 5.74) is 4.10. The molecule has 0 spiro atoms. The highest BCUT2D eigenvalue weighted by molar-refractivity contribution is 8.03. The highest BCUT2D eigenvalue weighted by Crippen LogP contribution is 2.52. The Morgan fingerprint density at radius 1 is 1.32 bits per heavy atom. The number of hydrogen-bond acceptors (Lipinski definition) is 5. The van der Waals surface area contributed by atoms with Crippen LogP contribution in [0, 0.1) is 29.6 Å². The third-order valence-corrected chi connectivity index (χ3v) is 7.26. The Morgan fingerprint density at radius 2 is 2.16 bits per heavy atom. The zero-order chi connectivity index (χ0) is 17.1. The molecule has 2 amide bonds. The number of piperidine rings is 1. The van der Waals surface area contributed by atoms with Crippen LogP contribution in [-0.4, -0.2) is 41.1 Å². The summed E-state index contributed by atoms with van der Waals surface area (Å²) < 4.78 is 5.31. The first-order chi connectivity index (χ1) is 12.1. The summed E-state index contributed by atoms with van der Waals surface area (Å²) in [6, 6.07) is 0. The second-order valence-electron chi connectivity index (χ2n) is 7.50. The van der Waals surface area contributed by atoms with Crippen molar-refractivity contribution in [2.45, 2.75) is 24.5 Å². The molecular weight excluding hydrogens is 338 g/mol. The maximum atomic E-state index is 12.7. The molecule has 2 bridgehead atoms. The number of allylic oxidation sites excluding steroid dienone is 2. The predicted molar refractivity (Wildman–Crippen MR) is 91.1 cm³/mol. The molecule has 6 atom stereocenters. The van der Waals surface area contributed by atoms with E-state index in [4.69, 9.17) is 4.74 Å². The second kappa shape index (κ2) is 5.61. The number of nitrogens with zero attached hydrogens (tertiary/aromatic N) is 1. The minimum Gasteiger partial charge on any atom is -0.465 e. The smallest absolute Gasteiger partial charge is 0.315 e. The quantitative estimate of drug-likeness (QED) is 0.247. The first-order valence-electron chi connectivity index (χ1n) is 8.95. The van der Waals surface area contributed by atoms with E-state index >= 15 is 0 Å². The fourth-order valence-electron chi connectivity index (χ4n) is 4.89. The van der Waals surface area contributed by atoms with Crippen LogP contribution >= 0.6 is 11.8 Å². The summed E-state index contributed by atoms with van der Waals surface area (Å²) in [6.45, 7) is 0.599. The van der Waals surface area contributed by atoms with E-state index in [2.05, 4.69) is 17.9 Å². The number of carbonyl (C=O) groups excluding carboxylic acids is 3. The van der Waals surface area contributed by atoms with Gasteiger partial charge in [-0.2, -0.15) is 0 Å². The first kappa shape index (κ1) is 15.5. The molecule has 2 heterocycles. The zero-order valence-corrected chi connectivity index (χ0v) is 14.5. The zero-order valence-electron chi connectivity index (χ0n) is 13.7. The van der Waals surface area contributed by atoms with Gasteiger partial charge in [0.2, 0.25) is 11.8 Å². The molecule has 1 saturated heterocycles. The van der Waals surface area contributed by atoms with Gasteiger partial charge in [0.1, 0.15) is 5.92 Å². The van der Waals surface area contributed by atoms with E-state index in [1.54, 1.807) is 11.8 Å². The second-order valence-corrected chi connectivity index (χ2v) is 8.51. The van der Waals surface area contributed by atoms with Crippen LogP contribution in [-0.2, 0) is 19.1 Å². The number of thioether (sulfide) groups is 1. The fraction of sp³-hybridized carbons (Fsp3) is 0.579. The van der Waals surface area contributed by atoms with Crippen LogP contribution in [0.5, 0.6) is 0 Å². The monoisotopic (exact) mass is 357 g/mol. The Morgan fingerprint density at radius 3 is 2.96 bits per heavy atom. The van der Waals surface area contributed by atoms with Crippen molar-refractivity contribution >= 4 is 29.5 Å². The van der Waals surface area contributed by atoms with E-state index in [1.165, 1.54) is 4.90 Å². The van der Waals surface area contributed by atoms with E-state index < -0.39 is 0 Å². The summed E-state index contributed by atoms with van der Waals surface area (Å²) in [5, 5.41) is 2.12. The minimum absolute atomic E-state index is 0.0168. The molecule has 0 N–H and O–H groups in total. The van der Waals surface area contributed by atoms with Crippen LogP contribution in [0.1, 0.15) is 19.3 Å². The maximum Gasteiger partial charge on any atom is 0.315 e. The summed E-state index contributed by atoms with van der Waals surface area (Å²) in [7, 11) is 0. The van der Waals surface area contributed by atoms with E-state index in [0.29, 0.717) is 31.2 Å². The third-order valence-electron chi connectivity index (χ3n) is 6.18. The van der Waals surface area contributed by atoms with E-state index in [-0.39, 0.29) is 47.4 Å². The van der Waals surface area contributed by atoms with Crippen LogP contribution in [0.3, 0.4) is 0 Å². The lowest BCUT2D eigenvalue weighted by Crippen LogP contribution is -2.50. The number of hydrogen-bond donors (Lipinski definition) is 0. The Kier molecular flexibility index (Phi) is 3.47. The molecule has 5 aliphatic rings. The van der Waals surface area contributed by atoms with Gasteiger partial charge in [0.15, 0.2) is 0 Å². The topological polar surface area (TPSA) is 63.7 Å². The molecule has 130 valence electrons. The Labute approximate surface area is 150 Å². The van der Waals surface area contributed by atoms with Gasteiger partial charge in [-0.3, -0.25) is 19.3 Å². The summed E-state index contributed by atoms with van der Waals surface area (Å²) in [5.74, 6) is 0.482. The number of amides is 2. The molecule has 2 saturated carbocycles. The Bertz CT molecular complexity index is 765. The van der Waals surface area contributed by atoms with Crippen LogP contribution in [0.2, 0.25) is 0 Å². The van der Waals surface area contributed by atoms with Gasteiger partial charge in [-0.1, -0.05) is 12.2 Å². The normalized spacial score (nSPS) is 39.5. The van der Waals surface area contributed by atoms with Crippen LogP contribution in [0.4, 0.5) is 0 Å². The number of esters is 1. The summed E-state index contributed by atoms with van der Waals surface area (Å²) in [6.07, 6.45) is 6.32. The lowest BCUT2D eigenvalue weighted by Gasteiger charge is -2.37. The SMILES string of the molecule is O=C(OCCCN1C(=O)CC2C3C=CC(C3)C2C1=O)C1C2=C=CSC21. The molecule has 0 radical (unpaired) electrons. The van der Waals surface area contributed by atoms with Gasteiger partial charge in [0.25, 0.3) is 0 Å². The van der Waals surface area contributed by atoms with Crippen molar-refractivity contribution in [3.8, 4) is 0 Å². The molecule has 3 fully saturated rings. The Hall–Kier alpha value is -1.78. The fourth-order valence-corrected chi connectivity index (χ4v) is 5.94. The first-order valence-corrected chi connectivity index (χ1v) is 9.89. The number of carbonyl (C=O) groups is 3. The predicted octanol–water partition coefficient (Wildman–Crippen LogP) is 1.90. The average Bonchev–Trinajstić information content (AvgIpc) is 3.02. The molecular formula is C19H19NO4S. The van der Waals surface area contributed by atoms with Crippen molar-refractivity contribution in [2.24, 2.45) is 29.6 Å². The molecule has 0 aromatic heterocycles. The van der Waals surface area contributed by atoms with Crippen molar-refractivity contribution in [3.63, 3.8) is 0 Å². The average molecular weight is 357 g/mol. The van der Waals surface area contributed by atoms with Crippen molar-refractivity contribution in [2.75, 3.05) is 13.2 Å². The lowest BCUT2D eigenvalue weighted by atomic mass is 9.77. The molecule has 2 aliphatic heterocycles. The van der Waals surface area contributed by atoms with E-state index in [0.717, 1.165) is 12.0 Å². The van der Waals surface area contributed by atoms with E-state index in [1.807, 2.05) is 5.41 Å². The largest absolute Gasteiger partial charge is 0.465 e. The molecule has 3 aliphatic carbocycles. The van der Waals surface area contributed by atoms with Gasteiger partial charge in [-0.05, 0) is 30.6 Å². The maximum absolute atomic E-state index is 12.7. The number of fused-ring (bicyclic) bond motifs is 6. The van der Waals surface area contributed by atoms with Crippen LogP contribution < -0.4 is 0 Å². The van der Waals surface area contributed by atoms with Gasteiger partial charge in [-0.15, -0.1) is 17.5 Å². The van der Waals surface area contributed by atoms with Gasteiger partial charge in [0, 0.05) is 29.9 Å². The molecule has 0 aromatic carbocycles. The summed E-state index contributed by atoms with van der Waals surface area (Å²) >= 11 is 1.61. The third kappa shape index (κ3) is 2.35. The molecule has 6 unspecified atom stereocenters. The molecule has 6 heteroatoms. The van der Waals surface area contributed by atoms with E-state index in [9.17, 15) is 14.4 Å². The number of ether oxygens (including phenoxy) is 1. The molecule has 25 heavy (non-hydrogen) atoms. The van der Waals surface area contributed by atoms with Crippen molar-refractivity contribution in [1.29, 1.82) is 0 Å².